The van der Waals surface area contributed by atoms with E-state index in [-0.39, 0.29) is 12.5 Å². The van der Waals surface area contributed by atoms with Crippen LogP contribution in [-0.2, 0) is 4.79 Å². The first-order chi connectivity index (χ1) is 8.04. The van der Waals surface area contributed by atoms with Gasteiger partial charge in [0.1, 0.15) is 0 Å². The van der Waals surface area contributed by atoms with Gasteiger partial charge in [-0.25, -0.2) is 0 Å². The van der Waals surface area contributed by atoms with E-state index in [9.17, 15) is 4.79 Å². The zero-order valence-corrected chi connectivity index (χ0v) is 10.9. The Bertz CT molecular complexity index is 406. The number of halogens is 1. The van der Waals surface area contributed by atoms with Gasteiger partial charge < -0.3 is 10.6 Å². The predicted molar refractivity (Wildman–Crippen MR) is 72.6 cm³/mol. The largest absolute Gasteiger partial charge is 0.375 e. The van der Waals surface area contributed by atoms with Crippen molar-refractivity contribution in [1.82, 2.24) is 5.32 Å². The Balaban J connectivity index is 2.63. The van der Waals surface area contributed by atoms with E-state index >= 15 is 0 Å². The van der Waals surface area contributed by atoms with E-state index in [1.165, 1.54) is 0 Å². The molecule has 3 nitrogen and oxygen atoms in total. The lowest BCUT2D eigenvalue weighted by molar-refractivity contribution is -0.119. The monoisotopic (exact) mass is 252 g/mol. The Labute approximate surface area is 107 Å². The maximum Gasteiger partial charge on any atom is 0.239 e. The van der Waals surface area contributed by atoms with Crippen LogP contribution in [-0.4, -0.2) is 19.0 Å². The van der Waals surface area contributed by atoms with Gasteiger partial charge in [0.05, 0.1) is 17.3 Å². The fourth-order valence-corrected chi connectivity index (χ4v) is 1.94. The summed E-state index contributed by atoms with van der Waals surface area (Å²) in [5.41, 5.74) is 2.95. The molecule has 0 aliphatic heterocycles. The van der Waals surface area contributed by atoms with Crippen LogP contribution in [0.5, 0.6) is 0 Å². The second-order valence-electron chi connectivity index (χ2n) is 3.88. The lowest BCUT2D eigenvalue weighted by Crippen LogP contribution is -2.30. The Kier molecular flexibility index (Phi) is 5.04. The molecule has 0 spiro atoms. The molecule has 1 aromatic carbocycles. The molecule has 0 unspecified atom stereocenters. The molecule has 17 heavy (non-hydrogen) atoms. The van der Waals surface area contributed by atoms with E-state index in [1.807, 2.05) is 26.0 Å². The Morgan fingerprint density at radius 2 is 2.18 bits per heavy atom. The molecule has 92 valence electrons. The highest BCUT2D eigenvalue weighted by Gasteiger charge is 2.06. The average molecular weight is 253 g/mol. The number of carbonyl (C=O) groups is 1. The maximum absolute atomic E-state index is 11.4. The van der Waals surface area contributed by atoms with Crippen molar-refractivity contribution in [1.29, 1.82) is 0 Å². The van der Waals surface area contributed by atoms with Gasteiger partial charge in [-0.2, -0.15) is 0 Å². The molecule has 1 amide bonds. The van der Waals surface area contributed by atoms with E-state index in [0.717, 1.165) is 16.8 Å². The van der Waals surface area contributed by atoms with Crippen molar-refractivity contribution in [3.05, 3.63) is 40.9 Å². The number of anilines is 1. The van der Waals surface area contributed by atoms with Crippen LogP contribution in [0.25, 0.3) is 0 Å². The molecule has 0 saturated carbocycles. The summed E-state index contributed by atoms with van der Waals surface area (Å²) in [6, 6.07) is 3.90. The van der Waals surface area contributed by atoms with Gasteiger partial charge in [0, 0.05) is 6.54 Å². The molecule has 1 aromatic rings. The third kappa shape index (κ3) is 4.11. The fraction of sp³-hybridized carbons (Fsp3) is 0.308. The van der Waals surface area contributed by atoms with Crippen molar-refractivity contribution in [2.75, 3.05) is 18.4 Å². The van der Waals surface area contributed by atoms with E-state index < -0.39 is 0 Å². The number of aryl methyl sites for hydroxylation is 2. The van der Waals surface area contributed by atoms with Crippen LogP contribution in [0.3, 0.4) is 0 Å². The molecule has 0 aromatic heterocycles. The van der Waals surface area contributed by atoms with E-state index in [1.54, 1.807) is 6.08 Å². The summed E-state index contributed by atoms with van der Waals surface area (Å²) in [6.07, 6.45) is 1.64. The molecule has 0 atom stereocenters. The third-order valence-electron chi connectivity index (χ3n) is 2.30. The minimum Gasteiger partial charge on any atom is -0.375 e. The third-order valence-corrected chi connectivity index (χ3v) is 2.60. The summed E-state index contributed by atoms with van der Waals surface area (Å²) in [5, 5.41) is 6.37. The molecule has 0 radical (unpaired) electrons. The Hall–Kier alpha value is -1.48. The second-order valence-corrected chi connectivity index (χ2v) is 4.29. The molecule has 0 bridgehead atoms. The Morgan fingerprint density at radius 3 is 2.76 bits per heavy atom. The molecule has 2 N–H and O–H groups in total. The highest BCUT2D eigenvalue weighted by atomic mass is 35.5. The molecule has 0 fully saturated rings. The van der Waals surface area contributed by atoms with Crippen LogP contribution in [0.2, 0.25) is 5.02 Å². The summed E-state index contributed by atoms with van der Waals surface area (Å²) >= 11 is 6.11. The molecular formula is C13H17ClN2O. The van der Waals surface area contributed by atoms with E-state index in [4.69, 9.17) is 11.6 Å². The van der Waals surface area contributed by atoms with Gasteiger partial charge in [-0.3, -0.25) is 4.79 Å². The van der Waals surface area contributed by atoms with Crippen LogP contribution in [0.1, 0.15) is 11.1 Å². The normalized spacial score (nSPS) is 9.82. The molecular weight excluding hydrogens is 236 g/mol. The number of hydrogen-bond acceptors (Lipinski definition) is 2. The minimum absolute atomic E-state index is 0.0825. The van der Waals surface area contributed by atoms with Crippen LogP contribution in [0.15, 0.2) is 24.8 Å². The number of hydrogen-bond donors (Lipinski definition) is 2. The van der Waals surface area contributed by atoms with Crippen LogP contribution in [0, 0.1) is 13.8 Å². The number of amides is 1. The van der Waals surface area contributed by atoms with Crippen molar-refractivity contribution in [2.24, 2.45) is 0 Å². The quantitative estimate of drug-likeness (QED) is 0.791. The summed E-state index contributed by atoms with van der Waals surface area (Å²) in [5.74, 6) is -0.0825. The van der Waals surface area contributed by atoms with E-state index in [0.29, 0.717) is 11.6 Å². The molecule has 0 aliphatic rings. The zero-order chi connectivity index (χ0) is 12.8. The number of carbonyl (C=O) groups excluding carboxylic acids is 1. The molecule has 0 heterocycles. The summed E-state index contributed by atoms with van der Waals surface area (Å²) in [7, 11) is 0. The number of rotatable bonds is 5. The number of nitrogens with one attached hydrogen (secondary N) is 2. The zero-order valence-electron chi connectivity index (χ0n) is 10.1. The predicted octanol–water partition coefficient (Wildman–Crippen LogP) is 2.67. The van der Waals surface area contributed by atoms with E-state index in [2.05, 4.69) is 17.2 Å². The molecule has 4 heteroatoms. The lowest BCUT2D eigenvalue weighted by atomic mass is 10.1. The maximum atomic E-state index is 11.4. The van der Waals surface area contributed by atoms with Gasteiger partial charge in [0.15, 0.2) is 0 Å². The first-order valence-corrected chi connectivity index (χ1v) is 5.80. The van der Waals surface area contributed by atoms with Gasteiger partial charge in [-0.05, 0) is 31.0 Å². The van der Waals surface area contributed by atoms with Gasteiger partial charge in [0.2, 0.25) is 5.91 Å². The fourth-order valence-electron chi connectivity index (χ4n) is 1.56. The SMILES string of the molecule is C=CCNC(=O)CNc1c(C)cc(C)cc1Cl. The van der Waals surface area contributed by atoms with Crippen LogP contribution >= 0.6 is 11.6 Å². The average Bonchev–Trinajstić information content (AvgIpc) is 2.24. The lowest BCUT2D eigenvalue weighted by Gasteiger charge is -2.12. The first-order valence-electron chi connectivity index (χ1n) is 5.42. The van der Waals surface area contributed by atoms with Crippen LogP contribution < -0.4 is 10.6 Å². The van der Waals surface area contributed by atoms with Gasteiger partial charge in [-0.1, -0.05) is 23.7 Å². The van der Waals surface area contributed by atoms with Gasteiger partial charge in [0.25, 0.3) is 0 Å². The smallest absolute Gasteiger partial charge is 0.239 e. The van der Waals surface area contributed by atoms with Crippen molar-refractivity contribution >= 4 is 23.2 Å². The number of benzene rings is 1. The molecule has 0 saturated heterocycles. The highest BCUT2D eigenvalue weighted by molar-refractivity contribution is 6.33. The second kappa shape index (κ2) is 6.30. The minimum atomic E-state index is -0.0825. The van der Waals surface area contributed by atoms with Crippen molar-refractivity contribution < 1.29 is 4.79 Å². The molecule has 0 aliphatic carbocycles. The van der Waals surface area contributed by atoms with Crippen molar-refractivity contribution in [3.63, 3.8) is 0 Å². The first kappa shape index (κ1) is 13.6. The van der Waals surface area contributed by atoms with Crippen molar-refractivity contribution in [2.45, 2.75) is 13.8 Å². The summed E-state index contributed by atoms with van der Waals surface area (Å²) in [4.78, 5) is 11.4. The summed E-state index contributed by atoms with van der Waals surface area (Å²) in [6.45, 7) is 8.16. The highest BCUT2D eigenvalue weighted by Crippen LogP contribution is 2.26. The summed E-state index contributed by atoms with van der Waals surface area (Å²) < 4.78 is 0. The van der Waals surface area contributed by atoms with Crippen LogP contribution in [0.4, 0.5) is 5.69 Å². The van der Waals surface area contributed by atoms with Crippen molar-refractivity contribution in [3.8, 4) is 0 Å². The Morgan fingerprint density at radius 1 is 1.47 bits per heavy atom. The molecule has 1 rings (SSSR count). The van der Waals surface area contributed by atoms with Gasteiger partial charge in [-0.15, -0.1) is 6.58 Å². The topological polar surface area (TPSA) is 41.1 Å². The van der Waals surface area contributed by atoms with Gasteiger partial charge >= 0.3 is 0 Å². The standard InChI is InChI=1S/C13H17ClN2O/c1-4-5-15-12(17)8-16-13-10(3)6-9(2)7-11(13)14/h4,6-7,16H,1,5,8H2,2-3H3,(H,15,17).